The molecule has 21 heavy (non-hydrogen) atoms. The molecule has 3 rings (SSSR count). The van der Waals surface area contributed by atoms with Gasteiger partial charge in [0.2, 0.25) is 0 Å². The highest BCUT2D eigenvalue weighted by Crippen LogP contribution is 2.21. The summed E-state index contributed by atoms with van der Waals surface area (Å²) in [6, 6.07) is 10.3. The lowest BCUT2D eigenvalue weighted by Crippen LogP contribution is -2.22. The number of pyridine rings is 1. The molecule has 2 heterocycles. The zero-order valence-corrected chi connectivity index (χ0v) is 12.2. The standard InChI is InChI=1S/C17H21N3O/c18-7-5-14-1-3-17(4-2-14)21-10-9-20-12-15-6-8-19-11-16(15)13-20/h1-4,6,8,11H,5,7,9-10,12-13,18H2. The van der Waals surface area contributed by atoms with E-state index in [2.05, 4.69) is 28.1 Å². The fraction of sp³-hybridized carbons (Fsp3) is 0.353. The molecule has 0 spiro atoms. The number of nitrogens with zero attached hydrogens (tertiary/aromatic N) is 2. The summed E-state index contributed by atoms with van der Waals surface area (Å²) < 4.78 is 5.81. The van der Waals surface area contributed by atoms with Crippen molar-refractivity contribution in [3.63, 3.8) is 0 Å². The average molecular weight is 283 g/mol. The SMILES string of the molecule is NCCc1ccc(OCCN2Cc3ccncc3C2)cc1. The van der Waals surface area contributed by atoms with Gasteiger partial charge >= 0.3 is 0 Å². The topological polar surface area (TPSA) is 51.4 Å². The van der Waals surface area contributed by atoms with Crippen LogP contribution in [0.2, 0.25) is 0 Å². The molecule has 0 bridgehead atoms. The lowest BCUT2D eigenvalue weighted by atomic mass is 10.1. The summed E-state index contributed by atoms with van der Waals surface area (Å²) in [5.41, 5.74) is 9.52. The Morgan fingerprint density at radius 1 is 1.10 bits per heavy atom. The molecule has 0 unspecified atom stereocenters. The van der Waals surface area contributed by atoms with Gasteiger partial charge in [0.15, 0.2) is 0 Å². The summed E-state index contributed by atoms with van der Waals surface area (Å²) in [6.07, 6.45) is 4.74. The van der Waals surface area contributed by atoms with E-state index in [1.165, 1.54) is 16.7 Å². The van der Waals surface area contributed by atoms with Crippen molar-refractivity contribution in [2.45, 2.75) is 19.5 Å². The largest absolute Gasteiger partial charge is 0.492 e. The number of hydrogen-bond acceptors (Lipinski definition) is 4. The molecule has 0 radical (unpaired) electrons. The zero-order valence-electron chi connectivity index (χ0n) is 12.2. The summed E-state index contributed by atoms with van der Waals surface area (Å²) in [7, 11) is 0. The van der Waals surface area contributed by atoms with Gasteiger partial charge in [0, 0.05) is 32.0 Å². The Kier molecular flexibility index (Phi) is 4.48. The van der Waals surface area contributed by atoms with Crippen LogP contribution in [0.5, 0.6) is 5.75 Å². The van der Waals surface area contributed by atoms with Crippen LogP contribution < -0.4 is 10.5 Å². The molecular weight excluding hydrogens is 262 g/mol. The molecule has 1 aliphatic heterocycles. The van der Waals surface area contributed by atoms with E-state index in [9.17, 15) is 0 Å². The van der Waals surface area contributed by atoms with Gasteiger partial charge in [0.1, 0.15) is 12.4 Å². The van der Waals surface area contributed by atoms with Crippen molar-refractivity contribution in [3.8, 4) is 5.75 Å². The quantitative estimate of drug-likeness (QED) is 0.880. The van der Waals surface area contributed by atoms with Gasteiger partial charge in [-0.25, -0.2) is 0 Å². The summed E-state index contributed by atoms with van der Waals surface area (Å²) in [5.74, 6) is 0.925. The van der Waals surface area contributed by atoms with Crippen LogP contribution in [0.1, 0.15) is 16.7 Å². The van der Waals surface area contributed by atoms with Crippen LogP contribution in [0, 0.1) is 0 Å². The third-order valence-electron chi connectivity index (χ3n) is 3.83. The molecule has 1 aromatic heterocycles. The van der Waals surface area contributed by atoms with E-state index in [4.69, 9.17) is 10.5 Å². The van der Waals surface area contributed by atoms with Gasteiger partial charge < -0.3 is 10.5 Å². The molecule has 110 valence electrons. The summed E-state index contributed by atoms with van der Waals surface area (Å²) in [5, 5.41) is 0. The third-order valence-corrected chi connectivity index (χ3v) is 3.83. The highest BCUT2D eigenvalue weighted by atomic mass is 16.5. The first-order valence-corrected chi connectivity index (χ1v) is 7.41. The third kappa shape index (κ3) is 3.60. The first-order chi connectivity index (χ1) is 10.3. The summed E-state index contributed by atoms with van der Waals surface area (Å²) in [6.45, 7) is 4.29. The molecular formula is C17H21N3O. The van der Waals surface area contributed by atoms with Crippen molar-refractivity contribution in [2.24, 2.45) is 5.73 Å². The van der Waals surface area contributed by atoms with Crippen molar-refractivity contribution < 1.29 is 4.74 Å². The number of ether oxygens (including phenoxy) is 1. The highest BCUT2D eigenvalue weighted by molar-refractivity contribution is 5.28. The zero-order chi connectivity index (χ0) is 14.5. The lowest BCUT2D eigenvalue weighted by Gasteiger charge is -2.15. The minimum atomic E-state index is 0.685. The van der Waals surface area contributed by atoms with E-state index in [-0.39, 0.29) is 0 Å². The Morgan fingerprint density at radius 3 is 2.67 bits per heavy atom. The van der Waals surface area contributed by atoms with Crippen LogP contribution in [0.15, 0.2) is 42.7 Å². The Hall–Kier alpha value is -1.91. The number of benzene rings is 1. The van der Waals surface area contributed by atoms with Gasteiger partial charge in [0.25, 0.3) is 0 Å². The van der Waals surface area contributed by atoms with Crippen molar-refractivity contribution in [1.82, 2.24) is 9.88 Å². The van der Waals surface area contributed by atoms with Crippen molar-refractivity contribution >= 4 is 0 Å². The number of aromatic nitrogens is 1. The first-order valence-electron chi connectivity index (χ1n) is 7.41. The van der Waals surface area contributed by atoms with E-state index in [1.807, 2.05) is 24.5 Å². The number of fused-ring (bicyclic) bond motifs is 1. The van der Waals surface area contributed by atoms with Gasteiger partial charge in [-0.2, -0.15) is 0 Å². The lowest BCUT2D eigenvalue weighted by molar-refractivity contribution is 0.211. The molecule has 4 heteroatoms. The fourth-order valence-corrected chi connectivity index (χ4v) is 2.66. The monoisotopic (exact) mass is 283 g/mol. The van der Waals surface area contributed by atoms with Gasteiger partial charge in [-0.15, -0.1) is 0 Å². The molecule has 2 N–H and O–H groups in total. The Labute approximate surface area is 125 Å². The van der Waals surface area contributed by atoms with Crippen molar-refractivity contribution in [3.05, 3.63) is 59.4 Å². The molecule has 0 fully saturated rings. The van der Waals surface area contributed by atoms with Crippen LogP contribution >= 0.6 is 0 Å². The van der Waals surface area contributed by atoms with Gasteiger partial charge in [-0.1, -0.05) is 12.1 Å². The van der Waals surface area contributed by atoms with Crippen LogP contribution in [0.25, 0.3) is 0 Å². The highest BCUT2D eigenvalue weighted by Gasteiger charge is 2.18. The predicted molar refractivity (Wildman–Crippen MR) is 83.0 cm³/mol. The maximum absolute atomic E-state index is 5.81. The summed E-state index contributed by atoms with van der Waals surface area (Å²) in [4.78, 5) is 6.56. The smallest absolute Gasteiger partial charge is 0.119 e. The molecule has 2 aromatic rings. The minimum Gasteiger partial charge on any atom is -0.492 e. The molecule has 1 aromatic carbocycles. The van der Waals surface area contributed by atoms with Crippen LogP contribution in [0.3, 0.4) is 0 Å². The molecule has 4 nitrogen and oxygen atoms in total. The predicted octanol–water partition coefficient (Wildman–Crippen LogP) is 1.98. The van der Waals surface area contributed by atoms with Crippen LogP contribution in [0.4, 0.5) is 0 Å². The van der Waals surface area contributed by atoms with Gasteiger partial charge in [-0.05, 0) is 47.9 Å². The molecule has 0 atom stereocenters. The first kappa shape index (κ1) is 14.0. The number of hydrogen-bond donors (Lipinski definition) is 1. The fourth-order valence-electron chi connectivity index (χ4n) is 2.66. The van der Waals surface area contributed by atoms with Crippen LogP contribution in [-0.2, 0) is 19.5 Å². The number of rotatable bonds is 6. The molecule has 1 aliphatic rings. The van der Waals surface area contributed by atoms with Crippen LogP contribution in [-0.4, -0.2) is 29.6 Å². The molecule has 0 amide bonds. The molecule has 0 saturated heterocycles. The van der Waals surface area contributed by atoms with Gasteiger partial charge in [0.05, 0.1) is 0 Å². The second-order valence-corrected chi connectivity index (χ2v) is 5.39. The molecule has 0 saturated carbocycles. The molecule has 0 aliphatic carbocycles. The van der Waals surface area contributed by atoms with E-state index >= 15 is 0 Å². The number of nitrogens with two attached hydrogens (primary N) is 1. The average Bonchev–Trinajstić information content (AvgIpc) is 2.92. The van der Waals surface area contributed by atoms with E-state index in [0.29, 0.717) is 13.2 Å². The Balaban J connectivity index is 1.45. The summed E-state index contributed by atoms with van der Waals surface area (Å²) >= 11 is 0. The Bertz CT molecular complexity index is 558. The van der Waals surface area contributed by atoms with Crippen molar-refractivity contribution in [2.75, 3.05) is 19.7 Å². The Morgan fingerprint density at radius 2 is 1.90 bits per heavy atom. The second kappa shape index (κ2) is 6.70. The minimum absolute atomic E-state index is 0.685. The maximum Gasteiger partial charge on any atom is 0.119 e. The maximum atomic E-state index is 5.81. The second-order valence-electron chi connectivity index (χ2n) is 5.39. The van der Waals surface area contributed by atoms with Gasteiger partial charge in [-0.3, -0.25) is 9.88 Å². The van der Waals surface area contributed by atoms with E-state index < -0.39 is 0 Å². The van der Waals surface area contributed by atoms with E-state index in [1.54, 1.807) is 0 Å². The normalized spacial score (nSPS) is 14.1. The van der Waals surface area contributed by atoms with Crippen molar-refractivity contribution in [1.29, 1.82) is 0 Å². The van der Waals surface area contributed by atoms with E-state index in [0.717, 1.165) is 31.8 Å².